The lowest BCUT2D eigenvalue weighted by Gasteiger charge is -2.11. The van der Waals surface area contributed by atoms with Gasteiger partial charge in [0.2, 0.25) is 0 Å². The zero-order chi connectivity index (χ0) is 19.7. The highest BCUT2D eigenvalue weighted by Gasteiger charge is 2.10. The predicted molar refractivity (Wildman–Crippen MR) is 115 cm³/mol. The van der Waals surface area contributed by atoms with Crippen molar-refractivity contribution < 1.29 is 14.3 Å². The quantitative estimate of drug-likeness (QED) is 0.250. The SMILES string of the molecule is CCOC(=O)C=C(C)C=CC=C(C)C=Cc1c(Br)cc(OC)c(C)c1Br. The molecule has 0 fully saturated rings. The summed E-state index contributed by atoms with van der Waals surface area (Å²) in [6.07, 6.45) is 11.3. The number of esters is 1. The molecule has 3 nitrogen and oxygen atoms in total. The molecule has 0 bridgehead atoms. The van der Waals surface area contributed by atoms with E-state index in [1.54, 1.807) is 14.0 Å². The lowest BCUT2D eigenvalue weighted by Crippen LogP contribution is -1.99. The van der Waals surface area contributed by atoms with E-state index in [-0.39, 0.29) is 5.97 Å². The number of carbonyl (C=O) groups is 1. The van der Waals surface area contributed by atoms with Crippen LogP contribution in [-0.4, -0.2) is 19.7 Å². The fraction of sp³-hybridized carbons (Fsp3) is 0.286. The summed E-state index contributed by atoms with van der Waals surface area (Å²) in [5.74, 6) is 0.514. The Balaban J connectivity index is 2.89. The van der Waals surface area contributed by atoms with Gasteiger partial charge in [-0.15, -0.1) is 0 Å². The first kappa shape index (κ1) is 22.5. The third-order valence-corrected chi connectivity index (χ3v) is 5.21. The molecule has 140 valence electrons. The Morgan fingerprint density at radius 2 is 1.88 bits per heavy atom. The summed E-state index contributed by atoms with van der Waals surface area (Å²) in [6, 6.07) is 1.96. The van der Waals surface area contributed by atoms with Crippen LogP contribution < -0.4 is 4.74 Å². The summed E-state index contributed by atoms with van der Waals surface area (Å²) in [7, 11) is 1.66. The highest BCUT2D eigenvalue weighted by Crippen LogP contribution is 2.36. The maximum Gasteiger partial charge on any atom is 0.330 e. The molecule has 0 spiro atoms. The molecule has 0 N–H and O–H groups in total. The van der Waals surface area contributed by atoms with Gasteiger partial charge in [-0.2, -0.15) is 0 Å². The lowest BCUT2D eigenvalue weighted by molar-refractivity contribution is -0.137. The van der Waals surface area contributed by atoms with Crippen LogP contribution in [-0.2, 0) is 9.53 Å². The summed E-state index contributed by atoms with van der Waals surface area (Å²) in [6.45, 7) is 8.06. The minimum absolute atomic E-state index is 0.320. The van der Waals surface area contributed by atoms with Gasteiger partial charge in [-0.3, -0.25) is 0 Å². The molecule has 0 unspecified atom stereocenters. The molecule has 0 aliphatic rings. The van der Waals surface area contributed by atoms with Gasteiger partial charge in [0.05, 0.1) is 13.7 Å². The number of carbonyl (C=O) groups excluding carboxylic acids is 1. The number of benzene rings is 1. The van der Waals surface area contributed by atoms with Gasteiger partial charge in [0.25, 0.3) is 0 Å². The fourth-order valence-corrected chi connectivity index (χ4v) is 3.47. The van der Waals surface area contributed by atoms with Gasteiger partial charge in [-0.25, -0.2) is 4.79 Å². The molecule has 0 aromatic heterocycles. The second kappa shape index (κ2) is 11.2. The molecule has 0 amide bonds. The third-order valence-electron chi connectivity index (χ3n) is 3.53. The van der Waals surface area contributed by atoms with Gasteiger partial charge < -0.3 is 9.47 Å². The smallest absolute Gasteiger partial charge is 0.330 e. The Bertz CT molecular complexity index is 772. The third kappa shape index (κ3) is 6.96. The number of methoxy groups -OCH3 is 1. The number of allylic oxidation sites excluding steroid dienone is 6. The molecular formula is C21H24Br2O3. The summed E-state index contributed by atoms with van der Waals surface area (Å²) < 4.78 is 12.2. The van der Waals surface area contributed by atoms with Gasteiger partial charge in [-0.05, 0) is 71.2 Å². The van der Waals surface area contributed by atoms with E-state index in [9.17, 15) is 4.79 Å². The molecular weight excluding hydrogens is 460 g/mol. The average molecular weight is 484 g/mol. The number of rotatable bonds is 7. The predicted octanol–water partition coefficient (Wildman–Crippen LogP) is 6.55. The Labute approximate surface area is 172 Å². The zero-order valence-electron chi connectivity index (χ0n) is 15.7. The maximum absolute atomic E-state index is 11.4. The van der Waals surface area contributed by atoms with Crippen LogP contribution in [0.1, 0.15) is 31.9 Å². The van der Waals surface area contributed by atoms with Gasteiger partial charge in [0.1, 0.15) is 5.75 Å². The summed E-state index contributed by atoms with van der Waals surface area (Å²) >= 11 is 7.22. The number of halogens is 2. The van der Waals surface area contributed by atoms with Crippen LogP contribution in [0.2, 0.25) is 0 Å². The normalized spacial score (nSPS) is 12.9. The molecule has 0 heterocycles. The van der Waals surface area contributed by atoms with Crippen molar-refractivity contribution in [1.29, 1.82) is 0 Å². The number of ether oxygens (including phenoxy) is 2. The van der Waals surface area contributed by atoms with E-state index in [1.807, 2.05) is 57.2 Å². The Kier molecular flexibility index (Phi) is 9.66. The van der Waals surface area contributed by atoms with Gasteiger partial charge >= 0.3 is 5.97 Å². The van der Waals surface area contributed by atoms with Crippen LogP contribution in [0.3, 0.4) is 0 Å². The summed E-state index contributed by atoms with van der Waals surface area (Å²) in [5.41, 5.74) is 4.03. The van der Waals surface area contributed by atoms with Crippen molar-refractivity contribution in [2.45, 2.75) is 27.7 Å². The molecule has 26 heavy (non-hydrogen) atoms. The molecule has 1 aromatic carbocycles. The molecule has 0 aliphatic carbocycles. The van der Waals surface area contributed by atoms with E-state index in [2.05, 4.69) is 31.9 Å². The van der Waals surface area contributed by atoms with E-state index in [0.29, 0.717) is 6.61 Å². The summed E-state index contributed by atoms with van der Waals surface area (Å²) in [5, 5.41) is 0. The van der Waals surface area contributed by atoms with Crippen LogP contribution in [0.5, 0.6) is 5.75 Å². The van der Waals surface area contributed by atoms with Crippen molar-refractivity contribution in [3.05, 3.63) is 67.7 Å². The minimum atomic E-state index is -0.320. The van der Waals surface area contributed by atoms with Crippen LogP contribution in [0, 0.1) is 6.92 Å². The van der Waals surface area contributed by atoms with Crippen LogP contribution >= 0.6 is 31.9 Å². The Hall–Kier alpha value is -1.59. The monoisotopic (exact) mass is 482 g/mol. The van der Waals surface area contributed by atoms with Crippen molar-refractivity contribution in [3.8, 4) is 5.75 Å². The lowest BCUT2D eigenvalue weighted by atomic mass is 10.1. The first-order valence-corrected chi connectivity index (χ1v) is 9.79. The highest BCUT2D eigenvalue weighted by atomic mass is 79.9. The molecule has 1 rings (SSSR count). The molecule has 0 aliphatic heterocycles. The molecule has 5 heteroatoms. The maximum atomic E-state index is 11.4. The average Bonchev–Trinajstić information content (AvgIpc) is 2.58. The van der Waals surface area contributed by atoms with Crippen LogP contribution in [0.25, 0.3) is 6.08 Å². The first-order valence-electron chi connectivity index (χ1n) is 8.20. The Morgan fingerprint density at radius 3 is 2.50 bits per heavy atom. The van der Waals surface area contributed by atoms with Crippen molar-refractivity contribution in [2.75, 3.05) is 13.7 Å². The van der Waals surface area contributed by atoms with E-state index in [0.717, 1.165) is 37.0 Å². The standard InChI is InChI=1S/C21H24Br2O3/c1-6-26-20(24)12-15(3)9-7-8-14(2)10-11-17-18(22)13-19(25-5)16(4)21(17)23/h7-13H,6H2,1-5H3. The topological polar surface area (TPSA) is 35.5 Å². The highest BCUT2D eigenvalue weighted by molar-refractivity contribution is 9.11. The van der Waals surface area contributed by atoms with Gasteiger partial charge in [-0.1, -0.05) is 36.0 Å². The van der Waals surface area contributed by atoms with E-state index in [4.69, 9.17) is 9.47 Å². The summed E-state index contributed by atoms with van der Waals surface area (Å²) in [4.78, 5) is 11.4. The zero-order valence-corrected chi connectivity index (χ0v) is 18.9. The first-order chi connectivity index (χ1) is 12.3. The largest absolute Gasteiger partial charge is 0.496 e. The molecule has 0 atom stereocenters. The second-order valence-electron chi connectivity index (χ2n) is 5.66. The van der Waals surface area contributed by atoms with Crippen molar-refractivity contribution in [3.63, 3.8) is 0 Å². The van der Waals surface area contributed by atoms with E-state index >= 15 is 0 Å². The van der Waals surface area contributed by atoms with Crippen LogP contribution in [0.15, 0.2) is 56.5 Å². The fourth-order valence-electron chi connectivity index (χ4n) is 2.12. The minimum Gasteiger partial charge on any atom is -0.496 e. The molecule has 0 saturated carbocycles. The molecule has 1 aromatic rings. The van der Waals surface area contributed by atoms with Crippen LogP contribution in [0.4, 0.5) is 0 Å². The van der Waals surface area contributed by atoms with Gasteiger partial charge in [0, 0.05) is 26.1 Å². The van der Waals surface area contributed by atoms with E-state index < -0.39 is 0 Å². The second-order valence-corrected chi connectivity index (χ2v) is 7.30. The Morgan fingerprint density at radius 1 is 1.19 bits per heavy atom. The van der Waals surface area contributed by atoms with Gasteiger partial charge in [0.15, 0.2) is 0 Å². The molecule has 0 radical (unpaired) electrons. The van der Waals surface area contributed by atoms with Crippen molar-refractivity contribution >= 4 is 43.9 Å². The van der Waals surface area contributed by atoms with Crippen molar-refractivity contribution in [1.82, 2.24) is 0 Å². The number of hydrogen-bond donors (Lipinski definition) is 0. The number of hydrogen-bond acceptors (Lipinski definition) is 3. The molecule has 0 saturated heterocycles. The van der Waals surface area contributed by atoms with Crippen molar-refractivity contribution in [2.24, 2.45) is 0 Å². The van der Waals surface area contributed by atoms with E-state index in [1.165, 1.54) is 6.08 Å².